The van der Waals surface area contributed by atoms with Gasteiger partial charge < -0.3 is 4.90 Å². The monoisotopic (exact) mass is 455 g/mol. The van der Waals surface area contributed by atoms with Gasteiger partial charge in [0.1, 0.15) is 0 Å². The van der Waals surface area contributed by atoms with E-state index < -0.39 is 0 Å². The maximum atomic E-state index is 13.2. The molecular weight excluding hydrogens is 438 g/mol. The van der Waals surface area contributed by atoms with Crippen LogP contribution in [-0.4, -0.2) is 33.2 Å². The van der Waals surface area contributed by atoms with Gasteiger partial charge in [0, 0.05) is 16.9 Å². The van der Waals surface area contributed by atoms with Crippen molar-refractivity contribution in [1.82, 2.24) is 14.5 Å². The van der Waals surface area contributed by atoms with Gasteiger partial charge in [0.25, 0.3) is 5.56 Å². The van der Waals surface area contributed by atoms with Crippen LogP contribution in [0.3, 0.4) is 0 Å². The Bertz CT molecular complexity index is 1250. The number of hydrogen-bond acceptors (Lipinski definition) is 5. The SMILES string of the molecule is CN(Cc1cccs1)C(=O)CSc1nc2ccccc2c(=O)n1-c1cccc(Cl)c1. The average molecular weight is 456 g/mol. The molecule has 2 aromatic heterocycles. The predicted molar refractivity (Wildman–Crippen MR) is 124 cm³/mol. The Balaban J connectivity index is 1.66. The number of carbonyl (C=O) groups is 1. The average Bonchev–Trinajstić information content (AvgIpc) is 3.25. The molecule has 0 fully saturated rings. The van der Waals surface area contributed by atoms with Crippen LogP contribution in [0.4, 0.5) is 0 Å². The number of benzene rings is 2. The standard InChI is InChI=1S/C22H18ClN3O2S2/c1-25(13-17-8-5-11-29-17)20(27)14-30-22-24-19-10-3-2-9-18(19)21(28)26(22)16-7-4-6-15(23)12-16/h2-12H,13-14H2,1H3. The molecule has 0 aliphatic rings. The molecule has 152 valence electrons. The summed E-state index contributed by atoms with van der Waals surface area (Å²) >= 11 is 9.02. The van der Waals surface area contributed by atoms with E-state index in [2.05, 4.69) is 4.98 Å². The molecule has 0 bridgehead atoms. The van der Waals surface area contributed by atoms with Gasteiger partial charge in [-0.15, -0.1) is 11.3 Å². The molecule has 0 N–H and O–H groups in total. The number of thioether (sulfide) groups is 1. The fourth-order valence-corrected chi connectivity index (χ4v) is 4.91. The number of amides is 1. The summed E-state index contributed by atoms with van der Waals surface area (Å²) in [5.41, 5.74) is 1.03. The number of aromatic nitrogens is 2. The lowest BCUT2D eigenvalue weighted by Gasteiger charge is -2.17. The summed E-state index contributed by atoms with van der Waals surface area (Å²) in [7, 11) is 1.78. The van der Waals surface area contributed by atoms with Crippen molar-refractivity contribution >= 4 is 51.5 Å². The topological polar surface area (TPSA) is 55.2 Å². The Morgan fingerprint density at radius 1 is 1.17 bits per heavy atom. The van der Waals surface area contributed by atoms with E-state index in [9.17, 15) is 9.59 Å². The van der Waals surface area contributed by atoms with Gasteiger partial charge in [-0.2, -0.15) is 0 Å². The molecular formula is C22H18ClN3O2S2. The zero-order valence-corrected chi connectivity index (χ0v) is 18.5. The summed E-state index contributed by atoms with van der Waals surface area (Å²) in [6.45, 7) is 0.559. The molecule has 0 atom stereocenters. The molecule has 0 radical (unpaired) electrons. The molecule has 4 rings (SSSR count). The van der Waals surface area contributed by atoms with Crippen molar-refractivity contribution in [2.24, 2.45) is 0 Å². The Morgan fingerprint density at radius 2 is 2.00 bits per heavy atom. The van der Waals surface area contributed by atoms with Crippen LogP contribution in [0.25, 0.3) is 16.6 Å². The first-order valence-electron chi connectivity index (χ1n) is 9.20. The normalized spacial score (nSPS) is 11.0. The third-order valence-corrected chi connectivity index (χ3v) is 6.55. The summed E-state index contributed by atoms with van der Waals surface area (Å²) in [4.78, 5) is 33.4. The molecule has 0 aliphatic heterocycles. The number of fused-ring (bicyclic) bond motifs is 1. The van der Waals surface area contributed by atoms with Gasteiger partial charge in [-0.05, 0) is 41.8 Å². The third kappa shape index (κ3) is 4.43. The molecule has 2 aromatic carbocycles. The second kappa shape index (κ2) is 9.04. The number of nitrogens with zero attached hydrogens (tertiary/aromatic N) is 3. The molecule has 0 spiro atoms. The number of halogens is 1. The first-order chi connectivity index (χ1) is 14.5. The van der Waals surface area contributed by atoms with E-state index in [1.54, 1.807) is 59.7 Å². The summed E-state index contributed by atoms with van der Waals surface area (Å²) < 4.78 is 1.52. The minimum absolute atomic E-state index is 0.0338. The number of carbonyl (C=O) groups excluding carboxylic acids is 1. The second-order valence-electron chi connectivity index (χ2n) is 6.65. The third-order valence-electron chi connectivity index (χ3n) is 4.53. The van der Waals surface area contributed by atoms with Crippen LogP contribution in [-0.2, 0) is 11.3 Å². The lowest BCUT2D eigenvalue weighted by Crippen LogP contribution is -2.28. The van der Waals surface area contributed by atoms with Gasteiger partial charge in [-0.1, -0.05) is 47.6 Å². The van der Waals surface area contributed by atoms with E-state index in [0.717, 1.165) is 4.88 Å². The predicted octanol–water partition coefficient (Wildman–Crippen LogP) is 4.85. The molecule has 5 nitrogen and oxygen atoms in total. The zero-order valence-electron chi connectivity index (χ0n) is 16.1. The van der Waals surface area contributed by atoms with Gasteiger partial charge in [0.15, 0.2) is 5.16 Å². The highest BCUT2D eigenvalue weighted by Gasteiger charge is 2.17. The Labute approximate surface area is 186 Å². The highest BCUT2D eigenvalue weighted by atomic mass is 35.5. The number of hydrogen-bond donors (Lipinski definition) is 0. The highest BCUT2D eigenvalue weighted by Crippen LogP contribution is 2.23. The van der Waals surface area contributed by atoms with Gasteiger partial charge in [0.2, 0.25) is 5.91 Å². The van der Waals surface area contributed by atoms with Gasteiger partial charge in [0.05, 0.1) is 28.9 Å². The number of rotatable bonds is 6. The van der Waals surface area contributed by atoms with E-state index in [0.29, 0.717) is 33.3 Å². The first kappa shape index (κ1) is 20.7. The molecule has 0 aliphatic carbocycles. The van der Waals surface area contributed by atoms with Crippen LogP contribution >= 0.6 is 34.7 Å². The summed E-state index contributed by atoms with van der Waals surface area (Å²) in [6.07, 6.45) is 0. The molecule has 2 heterocycles. The van der Waals surface area contributed by atoms with Crippen LogP contribution in [0.2, 0.25) is 5.02 Å². The Morgan fingerprint density at radius 3 is 2.77 bits per heavy atom. The smallest absolute Gasteiger partial charge is 0.266 e. The maximum absolute atomic E-state index is 13.2. The molecule has 4 aromatic rings. The minimum atomic E-state index is -0.190. The molecule has 30 heavy (non-hydrogen) atoms. The fourth-order valence-electron chi connectivity index (χ4n) is 3.01. The molecule has 0 unspecified atom stereocenters. The fraction of sp³-hybridized carbons (Fsp3) is 0.136. The number of para-hydroxylation sites is 1. The lowest BCUT2D eigenvalue weighted by atomic mass is 10.2. The summed E-state index contributed by atoms with van der Waals surface area (Å²) in [6, 6.07) is 18.2. The van der Waals surface area contributed by atoms with Crippen molar-refractivity contribution in [1.29, 1.82) is 0 Å². The Kier molecular flexibility index (Phi) is 6.22. The van der Waals surface area contributed by atoms with Crippen LogP contribution in [0.1, 0.15) is 4.88 Å². The lowest BCUT2D eigenvalue weighted by molar-refractivity contribution is -0.127. The van der Waals surface area contributed by atoms with Crippen LogP contribution < -0.4 is 5.56 Å². The van der Waals surface area contributed by atoms with Crippen LogP contribution in [0, 0.1) is 0 Å². The zero-order chi connectivity index (χ0) is 21.1. The highest BCUT2D eigenvalue weighted by molar-refractivity contribution is 7.99. The van der Waals surface area contributed by atoms with E-state index >= 15 is 0 Å². The minimum Gasteiger partial charge on any atom is -0.340 e. The van der Waals surface area contributed by atoms with Crippen molar-refractivity contribution in [3.8, 4) is 5.69 Å². The molecule has 1 amide bonds. The summed E-state index contributed by atoms with van der Waals surface area (Å²) in [5, 5.41) is 3.49. The largest absolute Gasteiger partial charge is 0.340 e. The Hall–Kier alpha value is -2.61. The number of thiophene rings is 1. The van der Waals surface area contributed by atoms with Gasteiger partial charge in [-0.3, -0.25) is 14.2 Å². The van der Waals surface area contributed by atoms with Crippen LogP contribution in [0.15, 0.2) is 76.0 Å². The van der Waals surface area contributed by atoms with Crippen molar-refractivity contribution in [3.05, 3.63) is 86.3 Å². The van der Waals surface area contributed by atoms with Crippen molar-refractivity contribution in [2.45, 2.75) is 11.7 Å². The second-order valence-corrected chi connectivity index (χ2v) is 9.06. The maximum Gasteiger partial charge on any atom is 0.266 e. The van der Waals surface area contributed by atoms with Gasteiger partial charge >= 0.3 is 0 Å². The van der Waals surface area contributed by atoms with Crippen molar-refractivity contribution in [2.75, 3.05) is 12.8 Å². The van der Waals surface area contributed by atoms with E-state index in [1.807, 2.05) is 29.6 Å². The first-order valence-corrected chi connectivity index (χ1v) is 11.4. The molecule has 8 heteroatoms. The van der Waals surface area contributed by atoms with E-state index in [1.165, 1.54) is 16.3 Å². The van der Waals surface area contributed by atoms with Crippen LogP contribution in [0.5, 0.6) is 0 Å². The van der Waals surface area contributed by atoms with E-state index in [-0.39, 0.29) is 17.2 Å². The molecule has 0 saturated carbocycles. The quantitative estimate of drug-likeness (QED) is 0.308. The van der Waals surface area contributed by atoms with Gasteiger partial charge in [-0.25, -0.2) is 4.98 Å². The van der Waals surface area contributed by atoms with Crippen molar-refractivity contribution in [3.63, 3.8) is 0 Å². The van der Waals surface area contributed by atoms with E-state index in [4.69, 9.17) is 11.6 Å². The molecule has 0 saturated heterocycles. The summed E-state index contributed by atoms with van der Waals surface area (Å²) in [5.74, 6) is 0.140. The van der Waals surface area contributed by atoms with Crippen molar-refractivity contribution < 1.29 is 4.79 Å².